The Morgan fingerprint density at radius 1 is 1.16 bits per heavy atom. The molecule has 0 unspecified atom stereocenters. The largest absolute Gasteiger partial charge is 0.494 e. The van der Waals surface area contributed by atoms with Gasteiger partial charge in [-0.2, -0.15) is 5.10 Å². The Balaban J connectivity index is 1.69. The summed E-state index contributed by atoms with van der Waals surface area (Å²) in [5.74, 6) is 0.932. The van der Waals surface area contributed by atoms with Crippen molar-refractivity contribution < 1.29 is 18.7 Å². The number of hydrogen-bond acceptors (Lipinski definition) is 9. The molecular weight excluding hydrogens is 479 g/mol. The molecule has 190 valence electrons. The summed E-state index contributed by atoms with van der Waals surface area (Å²) in [6, 6.07) is 8.20. The number of carbonyl (C=O) groups is 1. The van der Waals surface area contributed by atoms with E-state index in [0.717, 1.165) is 5.56 Å². The second kappa shape index (κ2) is 10.2. The Kier molecular flexibility index (Phi) is 6.64. The lowest BCUT2D eigenvalue weighted by Crippen LogP contribution is -2.20. The number of nitrogens with one attached hydrogen (secondary N) is 3. The molecule has 0 radical (unpaired) electrons. The van der Waals surface area contributed by atoms with Crippen molar-refractivity contribution in [1.29, 1.82) is 0 Å². The van der Waals surface area contributed by atoms with Crippen molar-refractivity contribution in [3.05, 3.63) is 65.5 Å². The van der Waals surface area contributed by atoms with E-state index in [9.17, 15) is 9.18 Å². The van der Waals surface area contributed by atoms with Crippen LogP contribution in [0.3, 0.4) is 0 Å². The number of aryl methyl sites for hydroxylation is 1. The van der Waals surface area contributed by atoms with Crippen LogP contribution in [0.2, 0.25) is 0 Å². The number of rotatable bonds is 4. The summed E-state index contributed by atoms with van der Waals surface area (Å²) in [5.41, 5.74) is 2.88. The highest BCUT2D eigenvalue weighted by molar-refractivity contribution is 6.00. The third kappa shape index (κ3) is 4.91. The minimum atomic E-state index is -0.478. The van der Waals surface area contributed by atoms with Crippen LogP contribution in [0.1, 0.15) is 28.5 Å². The Morgan fingerprint density at radius 2 is 2.03 bits per heavy atom. The quantitative estimate of drug-likeness (QED) is 0.380. The predicted molar refractivity (Wildman–Crippen MR) is 135 cm³/mol. The van der Waals surface area contributed by atoms with Crippen LogP contribution in [0.5, 0.6) is 5.75 Å². The molecule has 1 amide bonds. The highest BCUT2D eigenvalue weighted by Crippen LogP contribution is 2.39. The number of anilines is 4. The van der Waals surface area contributed by atoms with Crippen LogP contribution in [0.4, 0.5) is 27.4 Å². The lowest BCUT2D eigenvalue weighted by Gasteiger charge is -2.19. The van der Waals surface area contributed by atoms with Crippen molar-refractivity contribution in [2.45, 2.75) is 26.7 Å². The second-order valence-electron chi connectivity index (χ2n) is 8.21. The maximum atomic E-state index is 14.4. The number of benzene rings is 1. The molecule has 3 aromatic heterocycles. The number of pyridine rings is 2. The van der Waals surface area contributed by atoms with Crippen molar-refractivity contribution in [3.8, 4) is 17.1 Å². The first-order valence-corrected chi connectivity index (χ1v) is 11.6. The first-order chi connectivity index (χ1) is 18.0. The SMILES string of the molecule is CCn1cnc(-c2cc3cc(c2OC)Nc2cc(ncc2C(=O)NC)Nc2ccc(F)c(n2)COC3)n1. The average molecular weight is 505 g/mol. The van der Waals surface area contributed by atoms with Gasteiger partial charge in [-0.3, -0.25) is 9.48 Å². The van der Waals surface area contributed by atoms with Crippen molar-refractivity contribution in [2.24, 2.45) is 0 Å². The molecule has 1 aliphatic heterocycles. The molecule has 0 aliphatic carbocycles. The van der Waals surface area contributed by atoms with Gasteiger partial charge < -0.3 is 25.4 Å². The molecule has 1 aromatic carbocycles. The molecular formula is C25H25FN8O3. The fourth-order valence-electron chi connectivity index (χ4n) is 3.96. The van der Waals surface area contributed by atoms with Gasteiger partial charge in [0.1, 0.15) is 29.5 Å². The van der Waals surface area contributed by atoms with E-state index < -0.39 is 5.82 Å². The van der Waals surface area contributed by atoms with Crippen molar-refractivity contribution in [3.63, 3.8) is 0 Å². The predicted octanol–water partition coefficient (Wildman–Crippen LogP) is 3.78. The fourth-order valence-corrected chi connectivity index (χ4v) is 3.96. The summed E-state index contributed by atoms with van der Waals surface area (Å²) in [5, 5.41) is 13.5. The van der Waals surface area contributed by atoms with E-state index in [4.69, 9.17) is 9.47 Å². The lowest BCUT2D eigenvalue weighted by atomic mass is 10.1. The minimum absolute atomic E-state index is 0.0392. The van der Waals surface area contributed by atoms with Crippen LogP contribution in [-0.2, 0) is 24.5 Å². The summed E-state index contributed by atoms with van der Waals surface area (Å²) in [6.45, 7) is 2.74. The molecule has 0 saturated carbocycles. The zero-order chi connectivity index (χ0) is 25.9. The number of methoxy groups -OCH3 is 1. The minimum Gasteiger partial charge on any atom is -0.494 e. The molecule has 6 bridgehead atoms. The summed E-state index contributed by atoms with van der Waals surface area (Å²) in [4.78, 5) is 25.8. The van der Waals surface area contributed by atoms with Crippen LogP contribution in [-0.4, -0.2) is 44.8 Å². The molecule has 4 heterocycles. The van der Waals surface area contributed by atoms with Crippen molar-refractivity contribution in [2.75, 3.05) is 24.8 Å². The van der Waals surface area contributed by atoms with E-state index in [2.05, 4.69) is 36.0 Å². The molecule has 37 heavy (non-hydrogen) atoms. The zero-order valence-electron chi connectivity index (χ0n) is 20.5. The van der Waals surface area contributed by atoms with Gasteiger partial charge in [0, 0.05) is 25.9 Å². The normalized spacial score (nSPS) is 12.6. The number of halogens is 1. The molecule has 12 heteroatoms. The van der Waals surface area contributed by atoms with Gasteiger partial charge in [-0.05, 0) is 36.8 Å². The standard InChI is InChI=1S/C25H25FN8O3/c1-4-34-13-29-24(33-34)15-7-14-8-19(23(15)36-3)30-18-9-22(28-10-16(18)25(35)27-2)32-21-6-5-17(26)20(31-21)12-37-11-14/h5-10,13,30H,4,11-12H2,1-3H3,(H,27,35)(H,28,31,32). The van der Waals surface area contributed by atoms with Gasteiger partial charge in [0.2, 0.25) is 0 Å². The van der Waals surface area contributed by atoms with Crippen LogP contribution in [0.25, 0.3) is 11.4 Å². The van der Waals surface area contributed by atoms with Crippen molar-refractivity contribution >= 4 is 28.9 Å². The molecule has 3 N–H and O–H groups in total. The highest BCUT2D eigenvalue weighted by Gasteiger charge is 2.20. The zero-order valence-corrected chi connectivity index (χ0v) is 20.5. The lowest BCUT2D eigenvalue weighted by molar-refractivity contribution is 0.0963. The third-order valence-electron chi connectivity index (χ3n) is 5.78. The van der Waals surface area contributed by atoms with E-state index in [1.807, 2.05) is 19.1 Å². The number of hydrogen-bond donors (Lipinski definition) is 3. The number of amides is 1. The molecule has 0 atom stereocenters. The molecule has 0 saturated heterocycles. The van der Waals surface area contributed by atoms with E-state index in [-0.39, 0.29) is 24.8 Å². The topological polar surface area (TPSA) is 128 Å². The van der Waals surface area contributed by atoms with Crippen LogP contribution < -0.4 is 20.7 Å². The van der Waals surface area contributed by atoms with Gasteiger partial charge in [-0.1, -0.05) is 0 Å². The first-order valence-electron chi connectivity index (χ1n) is 11.6. The van der Waals surface area contributed by atoms with Crippen molar-refractivity contribution in [1.82, 2.24) is 30.0 Å². The number of aromatic nitrogens is 5. The van der Waals surface area contributed by atoms with E-state index in [0.29, 0.717) is 52.3 Å². The maximum absolute atomic E-state index is 14.4. The van der Waals surface area contributed by atoms with Gasteiger partial charge in [0.05, 0.1) is 42.8 Å². The van der Waals surface area contributed by atoms with Crippen LogP contribution in [0, 0.1) is 5.82 Å². The first kappa shape index (κ1) is 24.1. The summed E-state index contributed by atoms with van der Waals surface area (Å²) in [7, 11) is 3.09. The van der Waals surface area contributed by atoms with Gasteiger partial charge in [-0.25, -0.2) is 19.3 Å². The summed E-state index contributed by atoms with van der Waals surface area (Å²) >= 11 is 0. The molecule has 0 spiro atoms. The molecule has 0 fully saturated rings. The number of ether oxygens (including phenoxy) is 2. The van der Waals surface area contributed by atoms with E-state index >= 15 is 0 Å². The smallest absolute Gasteiger partial charge is 0.254 e. The van der Waals surface area contributed by atoms with Gasteiger partial charge >= 0.3 is 0 Å². The molecule has 4 aromatic rings. The summed E-state index contributed by atoms with van der Waals surface area (Å²) < 4.78 is 27.8. The van der Waals surface area contributed by atoms with Gasteiger partial charge in [0.15, 0.2) is 11.6 Å². The monoisotopic (exact) mass is 504 g/mol. The van der Waals surface area contributed by atoms with Gasteiger partial charge in [-0.15, -0.1) is 0 Å². The Bertz CT molecular complexity index is 1470. The third-order valence-corrected chi connectivity index (χ3v) is 5.78. The number of nitrogens with zero attached hydrogens (tertiary/aromatic N) is 5. The number of carbonyl (C=O) groups excluding carboxylic acids is 1. The number of fused-ring (bicyclic) bond motifs is 6. The molecule has 5 rings (SSSR count). The Hall–Kier alpha value is -4.58. The molecule has 1 aliphatic rings. The average Bonchev–Trinajstić information content (AvgIpc) is 3.39. The maximum Gasteiger partial charge on any atom is 0.254 e. The Labute approximate surface area is 212 Å². The van der Waals surface area contributed by atoms with Crippen LogP contribution in [0.15, 0.2) is 42.9 Å². The van der Waals surface area contributed by atoms with E-state index in [1.54, 1.807) is 31.2 Å². The Morgan fingerprint density at radius 3 is 2.78 bits per heavy atom. The highest BCUT2D eigenvalue weighted by atomic mass is 19.1. The van der Waals surface area contributed by atoms with E-state index in [1.165, 1.54) is 18.3 Å². The summed E-state index contributed by atoms with van der Waals surface area (Å²) in [6.07, 6.45) is 3.09. The van der Waals surface area contributed by atoms with Crippen LogP contribution >= 0.6 is 0 Å². The fraction of sp³-hybridized carbons (Fsp3) is 0.240. The molecule has 11 nitrogen and oxygen atoms in total. The van der Waals surface area contributed by atoms with Gasteiger partial charge in [0.25, 0.3) is 5.91 Å². The second-order valence-corrected chi connectivity index (χ2v) is 8.21.